The fourth-order valence-corrected chi connectivity index (χ4v) is 2.83. The summed E-state index contributed by atoms with van der Waals surface area (Å²) >= 11 is 1.54. The van der Waals surface area contributed by atoms with Crippen molar-refractivity contribution >= 4 is 23.5 Å². The Balaban J connectivity index is 1.87. The van der Waals surface area contributed by atoms with Crippen molar-refractivity contribution < 1.29 is 14.3 Å². The SMILES string of the molecule is O=CCCc1cc(C(=O)NC2CCOCC2)cs1. The van der Waals surface area contributed by atoms with E-state index in [1.807, 2.05) is 11.4 Å². The number of rotatable bonds is 5. The first-order chi connectivity index (χ1) is 8.79. The van der Waals surface area contributed by atoms with Crippen molar-refractivity contribution in [3.8, 4) is 0 Å². The molecule has 1 fully saturated rings. The zero-order valence-electron chi connectivity index (χ0n) is 10.2. The van der Waals surface area contributed by atoms with E-state index in [2.05, 4.69) is 5.32 Å². The van der Waals surface area contributed by atoms with Crippen LogP contribution in [0.1, 0.15) is 34.5 Å². The number of thiophene rings is 1. The van der Waals surface area contributed by atoms with E-state index < -0.39 is 0 Å². The van der Waals surface area contributed by atoms with Gasteiger partial charge in [-0.15, -0.1) is 11.3 Å². The van der Waals surface area contributed by atoms with Crippen LogP contribution in [0.5, 0.6) is 0 Å². The average Bonchev–Trinajstić information content (AvgIpc) is 2.86. The van der Waals surface area contributed by atoms with Gasteiger partial charge in [-0.2, -0.15) is 0 Å². The Morgan fingerprint density at radius 2 is 2.28 bits per heavy atom. The summed E-state index contributed by atoms with van der Waals surface area (Å²) in [7, 11) is 0. The standard InChI is InChI=1S/C13H17NO3S/c15-5-1-2-12-8-10(9-18-12)13(16)14-11-3-6-17-7-4-11/h5,8-9,11H,1-4,6-7H2,(H,14,16). The zero-order valence-corrected chi connectivity index (χ0v) is 11.0. The van der Waals surface area contributed by atoms with Gasteiger partial charge in [0, 0.05) is 35.9 Å². The Kier molecular flexibility index (Phi) is 4.90. The Morgan fingerprint density at radius 3 is 3.00 bits per heavy atom. The van der Waals surface area contributed by atoms with Gasteiger partial charge in [-0.05, 0) is 25.3 Å². The summed E-state index contributed by atoms with van der Waals surface area (Å²) < 4.78 is 5.25. The monoisotopic (exact) mass is 267 g/mol. The van der Waals surface area contributed by atoms with Gasteiger partial charge in [-0.25, -0.2) is 0 Å². The molecular weight excluding hydrogens is 250 g/mol. The van der Waals surface area contributed by atoms with Crippen LogP contribution in [0.2, 0.25) is 0 Å². The van der Waals surface area contributed by atoms with E-state index in [-0.39, 0.29) is 11.9 Å². The number of carbonyl (C=O) groups excluding carboxylic acids is 2. The van der Waals surface area contributed by atoms with E-state index >= 15 is 0 Å². The number of ether oxygens (including phenoxy) is 1. The molecule has 1 aromatic rings. The van der Waals surface area contributed by atoms with E-state index in [1.165, 1.54) is 11.3 Å². The second-order valence-electron chi connectivity index (χ2n) is 4.37. The van der Waals surface area contributed by atoms with Crippen LogP contribution in [0.4, 0.5) is 0 Å². The van der Waals surface area contributed by atoms with E-state index in [0.29, 0.717) is 12.0 Å². The lowest BCUT2D eigenvalue weighted by atomic mass is 10.1. The average molecular weight is 267 g/mol. The first kappa shape index (κ1) is 13.2. The molecular formula is C13H17NO3S. The molecule has 0 radical (unpaired) electrons. The third kappa shape index (κ3) is 3.65. The molecule has 5 heteroatoms. The maximum absolute atomic E-state index is 12.0. The molecule has 0 aromatic carbocycles. The third-order valence-corrected chi connectivity index (χ3v) is 3.98. The molecule has 0 bridgehead atoms. The molecule has 0 atom stereocenters. The van der Waals surface area contributed by atoms with Gasteiger partial charge >= 0.3 is 0 Å². The Morgan fingerprint density at radius 1 is 1.50 bits per heavy atom. The highest BCUT2D eigenvalue weighted by atomic mass is 32.1. The number of hydrogen-bond acceptors (Lipinski definition) is 4. The van der Waals surface area contributed by atoms with E-state index in [4.69, 9.17) is 4.74 Å². The van der Waals surface area contributed by atoms with Gasteiger partial charge in [-0.3, -0.25) is 4.79 Å². The van der Waals surface area contributed by atoms with Crippen LogP contribution in [0.25, 0.3) is 0 Å². The highest BCUT2D eigenvalue weighted by Crippen LogP contribution is 2.17. The topological polar surface area (TPSA) is 55.4 Å². The van der Waals surface area contributed by atoms with Crippen LogP contribution in [-0.2, 0) is 16.0 Å². The van der Waals surface area contributed by atoms with Gasteiger partial charge in [0.2, 0.25) is 0 Å². The van der Waals surface area contributed by atoms with Gasteiger partial charge in [-0.1, -0.05) is 0 Å². The Labute approximate surface area is 110 Å². The minimum atomic E-state index is -0.0181. The maximum atomic E-state index is 12.0. The molecule has 0 spiro atoms. The predicted octanol–water partition coefficient (Wildman–Crippen LogP) is 1.79. The van der Waals surface area contributed by atoms with Crippen LogP contribution >= 0.6 is 11.3 Å². The van der Waals surface area contributed by atoms with Crippen molar-refractivity contribution in [3.63, 3.8) is 0 Å². The van der Waals surface area contributed by atoms with Crippen LogP contribution in [0.3, 0.4) is 0 Å². The van der Waals surface area contributed by atoms with Crippen molar-refractivity contribution in [2.45, 2.75) is 31.7 Å². The van der Waals surface area contributed by atoms with Gasteiger partial charge in [0.25, 0.3) is 5.91 Å². The molecule has 1 aliphatic heterocycles. The summed E-state index contributed by atoms with van der Waals surface area (Å²) in [6.07, 6.45) is 3.91. The lowest BCUT2D eigenvalue weighted by molar-refractivity contribution is -0.107. The Bertz CT molecular complexity index is 410. The molecule has 18 heavy (non-hydrogen) atoms. The molecule has 0 aliphatic carbocycles. The largest absolute Gasteiger partial charge is 0.381 e. The molecule has 1 amide bonds. The van der Waals surface area contributed by atoms with Gasteiger partial charge < -0.3 is 14.8 Å². The minimum absolute atomic E-state index is 0.0181. The van der Waals surface area contributed by atoms with Gasteiger partial charge in [0.15, 0.2) is 0 Å². The molecule has 1 N–H and O–H groups in total. The van der Waals surface area contributed by atoms with Gasteiger partial charge in [0.1, 0.15) is 6.29 Å². The highest BCUT2D eigenvalue weighted by Gasteiger charge is 2.17. The van der Waals surface area contributed by atoms with Crippen molar-refractivity contribution in [1.29, 1.82) is 0 Å². The van der Waals surface area contributed by atoms with Crippen LogP contribution < -0.4 is 5.32 Å². The van der Waals surface area contributed by atoms with E-state index in [9.17, 15) is 9.59 Å². The minimum Gasteiger partial charge on any atom is -0.381 e. The quantitative estimate of drug-likeness (QED) is 0.827. The van der Waals surface area contributed by atoms with Crippen LogP contribution in [-0.4, -0.2) is 31.4 Å². The summed E-state index contributed by atoms with van der Waals surface area (Å²) in [5, 5.41) is 4.88. The lowest BCUT2D eigenvalue weighted by Gasteiger charge is -2.22. The molecule has 1 aromatic heterocycles. The van der Waals surface area contributed by atoms with Crippen molar-refractivity contribution in [1.82, 2.24) is 5.32 Å². The smallest absolute Gasteiger partial charge is 0.252 e. The maximum Gasteiger partial charge on any atom is 0.252 e. The third-order valence-electron chi connectivity index (χ3n) is 2.98. The summed E-state index contributed by atoms with van der Waals surface area (Å²) in [6, 6.07) is 2.10. The summed E-state index contributed by atoms with van der Waals surface area (Å²) in [4.78, 5) is 23.4. The highest BCUT2D eigenvalue weighted by molar-refractivity contribution is 7.10. The summed E-state index contributed by atoms with van der Waals surface area (Å²) in [5.74, 6) is -0.0181. The number of nitrogens with one attached hydrogen (secondary N) is 1. The molecule has 4 nitrogen and oxygen atoms in total. The number of amides is 1. The first-order valence-corrected chi connectivity index (χ1v) is 7.07. The molecule has 1 saturated heterocycles. The van der Waals surface area contributed by atoms with Crippen molar-refractivity contribution in [2.75, 3.05) is 13.2 Å². The fourth-order valence-electron chi connectivity index (χ4n) is 1.94. The number of aryl methyl sites for hydroxylation is 1. The molecule has 2 heterocycles. The van der Waals surface area contributed by atoms with E-state index in [0.717, 1.165) is 43.6 Å². The number of carbonyl (C=O) groups is 2. The number of aldehydes is 1. The predicted molar refractivity (Wildman–Crippen MR) is 70.0 cm³/mol. The second kappa shape index (κ2) is 6.66. The second-order valence-corrected chi connectivity index (χ2v) is 5.36. The van der Waals surface area contributed by atoms with Crippen molar-refractivity contribution in [2.24, 2.45) is 0 Å². The molecule has 1 aliphatic rings. The molecule has 0 saturated carbocycles. The van der Waals surface area contributed by atoms with Crippen LogP contribution in [0, 0.1) is 0 Å². The number of hydrogen-bond donors (Lipinski definition) is 1. The summed E-state index contributed by atoms with van der Waals surface area (Å²) in [6.45, 7) is 1.44. The Hall–Kier alpha value is -1.20. The fraction of sp³-hybridized carbons (Fsp3) is 0.538. The zero-order chi connectivity index (χ0) is 12.8. The first-order valence-electron chi connectivity index (χ1n) is 6.19. The van der Waals surface area contributed by atoms with Crippen LogP contribution in [0.15, 0.2) is 11.4 Å². The summed E-state index contributed by atoms with van der Waals surface area (Å²) in [5.41, 5.74) is 0.701. The normalized spacial score (nSPS) is 16.4. The molecule has 2 rings (SSSR count). The molecule has 0 unspecified atom stereocenters. The molecule has 98 valence electrons. The van der Waals surface area contributed by atoms with Gasteiger partial charge in [0.05, 0.1) is 5.56 Å². The van der Waals surface area contributed by atoms with E-state index in [1.54, 1.807) is 0 Å². The van der Waals surface area contributed by atoms with Crippen molar-refractivity contribution in [3.05, 3.63) is 21.9 Å². The lowest BCUT2D eigenvalue weighted by Crippen LogP contribution is -2.38.